The number of hydrogen-bond donors (Lipinski definition) is 0. The van der Waals surface area contributed by atoms with Crippen LogP contribution in [0.15, 0.2) is 17.1 Å². The Labute approximate surface area is 203 Å². The predicted molar refractivity (Wildman–Crippen MR) is 128 cm³/mol. The summed E-state index contributed by atoms with van der Waals surface area (Å²) in [6, 6.07) is 3.97. The normalized spacial score (nSPS) is 18.6. The van der Waals surface area contributed by atoms with Crippen LogP contribution in [0.1, 0.15) is 55.6 Å². The molecule has 2 aliphatic heterocycles. The first-order chi connectivity index (χ1) is 15.9. The molecule has 0 atom stereocenters. The molecule has 1 fully saturated rings. The highest BCUT2D eigenvalue weighted by atomic mass is 35.5. The molecule has 0 unspecified atom stereocenters. The summed E-state index contributed by atoms with van der Waals surface area (Å²) in [6.07, 6.45) is 4.40. The third-order valence-corrected chi connectivity index (χ3v) is 7.18. The molecule has 33 heavy (non-hydrogen) atoms. The summed E-state index contributed by atoms with van der Waals surface area (Å²) < 4.78 is 13.0. The molecule has 1 aromatic carbocycles. The van der Waals surface area contributed by atoms with Gasteiger partial charge in [0.05, 0.1) is 42.4 Å². The maximum Gasteiger partial charge on any atom is 0.299 e. The van der Waals surface area contributed by atoms with Gasteiger partial charge >= 0.3 is 0 Å². The number of carbonyl (C=O) groups is 1. The molecular formula is C23H27Cl2N5O3. The maximum atomic E-state index is 13.7. The van der Waals surface area contributed by atoms with Gasteiger partial charge in [-0.2, -0.15) is 4.98 Å². The summed E-state index contributed by atoms with van der Waals surface area (Å²) in [7, 11) is 1.52. The first-order valence-electron chi connectivity index (χ1n) is 11.4. The number of imidazole rings is 1. The fraction of sp³-hybridized carbons (Fsp3) is 0.522. The van der Waals surface area contributed by atoms with E-state index in [9.17, 15) is 4.79 Å². The number of halogens is 2. The monoisotopic (exact) mass is 491 g/mol. The Kier molecular flexibility index (Phi) is 5.69. The number of methoxy groups -OCH3 is 1. The van der Waals surface area contributed by atoms with Crippen LogP contribution in [0.2, 0.25) is 10.0 Å². The number of carbonyl (C=O) groups excluding carboxylic acids is 1. The van der Waals surface area contributed by atoms with Gasteiger partial charge in [-0.15, -0.1) is 0 Å². The van der Waals surface area contributed by atoms with E-state index in [4.69, 9.17) is 42.7 Å². The Morgan fingerprint density at radius 2 is 1.85 bits per heavy atom. The molecule has 0 bridgehead atoms. The highest BCUT2D eigenvalue weighted by Crippen LogP contribution is 2.43. The van der Waals surface area contributed by atoms with Gasteiger partial charge in [-0.05, 0) is 44.4 Å². The Hall–Kier alpha value is -2.45. The summed E-state index contributed by atoms with van der Waals surface area (Å²) in [5, 5.41) is 0.816. The molecule has 0 radical (unpaired) electrons. The molecule has 3 heterocycles. The minimum absolute atomic E-state index is 0.123. The Balaban J connectivity index is 1.61. The van der Waals surface area contributed by atoms with Crippen LogP contribution in [0.4, 0.5) is 5.82 Å². The summed E-state index contributed by atoms with van der Waals surface area (Å²) >= 11 is 12.7. The summed E-state index contributed by atoms with van der Waals surface area (Å²) in [5.74, 6) is 1.62. The van der Waals surface area contributed by atoms with Crippen LogP contribution in [0.3, 0.4) is 0 Å². The van der Waals surface area contributed by atoms with Crippen LogP contribution in [-0.2, 0) is 6.54 Å². The smallest absolute Gasteiger partial charge is 0.299 e. The van der Waals surface area contributed by atoms with Crippen LogP contribution in [0, 0.1) is 0 Å². The highest BCUT2D eigenvalue weighted by Gasteiger charge is 2.49. The van der Waals surface area contributed by atoms with Crippen molar-refractivity contribution in [3.05, 3.63) is 33.4 Å². The quantitative estimate of drug-likeness (QED) is 0.589. The van der Waals surface area contributed by atoms with Crippen molar-refractivity contribution in [2.75, 3.05) is 31.7 Å². The van der Waals surface area contributed by atoms with Gasteiger partial charge in [-0.25, -0.2) is 4.99 Å². The van der Waals surface area contributed by atoms with Crippen molar-refractivity contribution in [3.63, 3.8) is 0 Å². The maximum absolute atomic E-state index is 13.7. The number of anilines is 1. The van der Waals surface area contributed by atoms with Gasteiger partial charge in [0.15, 0.2) is 17.3 Å². The molecule has 5 rings (SSSR count). The van der Waals surface area contributed by atoms with Gasteiger partial charge in [0.2, 0.25) is 5.96 Å². The zero-order valence-corrected chi connectivity index (χ0v) is 20.5. The van der Waals surface area contributed by atoms with E-state index in [1.54, 1.807) is 17.0 Å². The number of benzene rings is 1. The van der Waals surface area contributed by atoms with E-state index < -0.39 is 0 Å². The number of amides is 1. The van der Waals surface area contributed by atoms with E-state index >= 15 is 0 Å². The molecule has 2 aromatic rings. The van der Waals surface area contributed by atoms with Crippen LogP contribution in [-0.4, -0.2) is 58.7 Å². The van der Waals surface area contributed by atoms with E-state index in [0.717, 1.165) is 37.8 Å². The second-order valence-corrected chi connectivity index (χ2v) is 9.47. The van der Waals surface area contributed by atoms with E-state index in [0.29, 0.717) is 59.0 Å². The average molecular weight is 492 g/mol. The fourth-order valence-electron chi connectivity index (χ4n) is 5.14. The lowest BCUT2D eigenvalue weighted by molar-refractivity contribution is 0.0835. The second-order valence-electron chi connectivity index (χ2n) is 8.66. The number of aliphatic imine (C=N–C) groups is 1. The van der Waals surface area contributed by atoms with Crippen LogP contribution >= 0.6 is 23.2 Å². The molecule has 1 saturated carbocycles. The van der Waals surface area contributed by atoms with Crippen molar-refractivity contribution in [3.8, 4) is 11.8 Å². The minimum atomic E-state index is -0.128. The lowest BCUT2D eigenvalue weighted by Gasteiger charge is -2.33. The predicted octanol–water partition coefficient (Wildman–Crippen LogP) is 4.61. The lowest BCUT2D eigenvalue weighted by Crippen LogP contribution is -2.51. The van der Waals surface area contributed by atoms with E-state index in [1.807, 2.05) is 18.4 Å². The summed E-state index contributed by atoms with van der Waals surface area (Å²) in [4.78, 5) is 27.4. The third kappa shape index (κ3) is 3.54. The molecule has 0 N–H and O–H groups in total. The van der Waals surface area contributed by atoms with E-state index in [-0.39, 0.29) is 11.4 Å². The second kappa shape index (κ2) is 8.40. The van der Waals surface area contributed by atoms with Gasteiger partial charge in [0.1, 0.15) is 0 Å². The molecule has 1 aromatic heterocycles. The van der Waals surface area contributed by atoms with Gasteiger partial charge in [0.25, 0.3) is 11.9 Å². The summed E-state index contributed by atoms with van der Waals surface area (Å²) in [6.45, 7) is 5.89. The number of rotatable bonds is 6. The molecule has 8 nitrogen and oxygen atoms in total. The molecule has 10 heteroatoms. The SMILES string of the molecule is CCOc1nc2c(n1Cc1cc(Cl)c(OC)c(Cl)c1)C(=O)N(CC)C1=NC3(CCCC3)CN12. The number of fused-ring (bicyclic) bond motifs is 3. The topological polar surface area (TPSA) is 72.2 Å². The molecule has 1 spiro atoms. The molecular weight excluding hydrogens is 465 g/mol. The van der Waals surface area contributed by atoms with E-state index in [1.165, 1.54) is 7.11 Å². The Morgan fingerprint density at radius 3 is 2.45 bits per heavy atom. The van der Waals surface area contributed by atoms with E-state index in [2.05, 4.69) is 4.90 Å². The molecule has 1 aliphatic carbocycles. The van der Waals surface area contributed by atoms with Crippen molar-refractivity contribution in [1.29, 1.82) is 0 Å². The van der Waals surface area contributed by atoms with Crippen molar-refractivity contribution >= 4 is 40.9 Å². The van der Waals surface area contributed by atoms with Gasteiger partial charge in [-0.3, -0.25) is 19.2 Å². The number of hydrogen-bond acceptors (Lipinski definition) is 6. The number of ether oxygens (including phenoxy) is 2. The largest absolute Gasteiger partial charge is 0.494 e. The lowest BCUT2D eigenvalue weighted by atomic mass is 9.99. The first kappa shape index (κ1) is 22.3. The van der Waals surface area contributed by atoms with Crippen LogP contribution in [0.5, 0.6) is 11.8 Å². The van der Waals surface area contributed by atoms with Crippen molar-refractivity contribution in [1.82, 2.24) is 14.5 Å². The standard InChI is InChI=1S/C23H27Cl2N5O3/c1-4-28-20(31)17-19(30-13-23(27-21(28)30)8-6-7-9-23)26-22(33-5-2)29(17)12-14-10-15(24)18(32-3)16(25)11-14/h10-11H,4-9,12-13H2,1-3H3. The minimum Gasteiger partial charge on any atom is -0.494 e. The highest BCUT2D eigenvalue weighted by molar-refractivity contribution is 6.37. The molecule has 176 valence electrons. The van der Waals surface area contributed by atoms with Crippen molar-refractivity contribution < 1.29 is 14.3 Å². The Bertz CT molecular complexity index is 1120. The van der Waals surface area contributed by atoms with Crippen molar-refractivity contribution in [2.24, 2.45) is 4.99 Å². The number of nitrogens with zero attached hydrogens (tertiary/aromatic N) is 5. The van der Waals surface area contributed by atoms with Crippen molar-refractivity contribution in [2.45, 2.75) is 51.6 Å². The van der Waals surface area contributed by atoms with Crippen LogP contribution in [0.25, 0.3) is 0 Å². The Morgan fingerprint density at radius 1 is 1.15 bits per heavy atom. The zero-order valence-electron chi connectivity index (χ0n) is 19.0. The molecule has 3 aliphatic rings. The summed E-state index contributed by atoms with van der Waals surface area (Å²) in [5.41, 5.74) is 1.19. The zero-order chi connectivity index (χ0) is 23.3. The third-order valence-electron chi connectivity index (χ3n) is 6.62. The molecule has 0 saturated heterocycles. The molecule has 1 amide bonds. The number of guanidine groups is 1. The first-order valence-corrected chi connectivity index (χ1v) is 12.1. The average Bonchev–Trinajstić information content (AvgIpc) is 3.47. The number of aromatic nitrogens is 2. The fourth-order valence-corrected chi connectivity index (χ4v) is 5.83. The van der Waals surface area contributed by atoms with Crippen LogP contribution < -0.4 is 14.4 Å². The van der Waals surface area contributed by atoms with Gasteiger partial charge in [0, 0.05) is 6.54 Å². The van der Waals surface area contributed by atoms with Gasteiger partial charge < -0.3 is 9.47 Å². The van der Waals surface area contributed by atoms with Gasteiger partial charge in [-0.1, -0.05) is 36.0 Å².